The minimum atomic E-state index is -0.719. The quantitative estimate of drug-likeness (QED) is 0.525. The number of anilines is 1. The first kappa shape index (κ1) is 12.3. The maximum Gasteiger partial charge on any atom is 0.0938 e. The Hall–Kier alpha value is -1.14. The van der Waals surface area contributed by atoms with Crippen molar-refractivity contribution in [3.8, 4) is 0 Å². The number of nitrogens with zero attached hydrogens (tertiary/aromatic N) is 1. The number of nitrogen functional groups attached to an aromatic ring is 1. The predicted octanol–water partition coefficient (Wildman–Crippen LogP) is -0.660. The molecule has 3 atom stereocenters. The largest absolute Gasteiger partial charge is 0.399 e. The summed E-state index contributed by atoms with van der Waals surface area (Å²) in [6.45, 7) is 1.17. The van der Waals surface area contributed by atoms with Crippen molar-refractivity contribution in [2.24, 2.45) is 0 Å². The number of rotatable bonds is 3. The number of β-amino-alcohol motifs (C(OH)–C–C–N with tert-alkyl or cyclic N) is 3. The minimum absolute atomic E-state index is 0.386. The summed E-state index contributed by atoms with van der Waals surface area (Å²) in [5.41, 5.74) is 7.01. The van der Waals surface area contributed by atoms with E-state index >= 15 is 0 Å². The molecule has 5 heteroatoms. The lowest BCUT2D eigenvalue weighted by atomic mass is 10.1. The van der Waals surface area contributed by atoms with Crippen molar-refractivity contribution in [1.82, 2.24) is 4.90 Å². The van der Waals surface area contributed by atoms with Gasteiger partial charge in [-0.2, -0.15) is 0 Å². The maximum absolute atomic E-state index is 10.0. The third-order valence-corrected chi connectivity index (χ3v) is 3.06. The van der Waals surface area contributed by atoms with E-state index < -0.39 is 18.3 Å². The molecule has 0 saturated carbocycles. The smallest absolute Gasteiger partial charge is 0.0938 e. The number of hydrogen-bond acceptors (Lipinski definition) is 5. The molecule has 0 bridgehead atoms. The summed E-state index contributed by atoms with van der Waals surface area (Å²) >= 11 is 0. The minimum Gasteiger partial charge on any atom is -0.399 e. The molecule has 0 radical (unpaired) electrons. The van der Waals surface area contributed by atoms with E-state index in [0.717, 1.165) is 5.56 Å². The van der Waals surface area contributed by atoms with Gasteiger partial charge in [0, 0.05) is 25.3 Å². The molecule has 94 valence electrons. The molecule has 0 aromatic heterocycles. The van der Waals surface area contributed by atoms with E-state index in [1.165, 1.54) is 0 Å². The fourth-order valence-corrected chi connectivity index (χ4v) is 2.11. The van der Waals surface area contributed by atoms with Crippen LogP contribution in [0.5, 0.6) is 0 Å². The summed E-state index contributed by atoms with van der Waals surface area (Å²) in [5.74, 6) is 0. The van der Waals surface area contributed by atoms with Crippen LogP contribution in [-0.2, 0) is 0 Å². The van der Waals surface area contributed by atoms with Gasteiger partial charge in [-0.25, -0.2) is 0 Å². The van der Waals surface area contributed by atoms with E-state index in [-0.39, 0.29) is 0 Å². The molecule has 0 aliphatic carbocycles. The van der Waals surface area contributed by atoms with Crippen LogP contribution in [-0.4, -0.2) is 52.1 Å². The Balaban J connectivity index is 1.96. The van der Waals surface area contributed by atoms with Gasteiger partial charge in [0.2, 0.25) is 0 Å². The molecule has 1 aliphatic rings. The molecular formula is C12H18N2O3. The van der Waals surface area contributed by atoms with Gasteiger partial charge >= 0.3 is 0 Å². The molecule has 3 unspecified atom stereocenters. The molecule has 0 amide bonds. The van der Waals surface area contributed by atoms with Crippen LogP contribution in [0.15, 0.2) is 24.3 Å². The van der Waals surface area contributed by atoms with Crippen molar-refractivity contribution in [3.05, 3.63) is 29.8 Å². The Morgan fingerprint density at radius 1 is 1.29 bits per heavy atom. The fourth-order valence-electron chi connectivity index (χ4n) is 2.11. The highest BCUT2D eigenvalue weighted by atomic mass is 16.3. The van der Waals surface area contributed by atoms with Crippen LogP contribution in [0.2, 0.25) is 0 Å². The molecule has 1 heterocycles. The van der Waals surface area contributed by atoms with Crippen molar-refractivity contribution in [2.75, 3.05) is 25.4 Å². The fraction of sp³-hybridized carbons (Fsp3) is 0.500. The Bertz CT molecular complexity index is 376. The number of likely N-dealkylation sites (tertiary alicyclic amines) is 1. The standard InChI is InChI=1S/C12H18N2O3/c13-9-3-1-2-8(4-9)10(15)5-14-6-11(16)12(17)7-14/h1-4,10-12,15-17H,5-7,13H2. The molecule has 2 rings (SSSR count). The van der Waals surface area contributed by atoms with Gasteiger partial charge in [0.1, 0.15) is 0 Å². The number of benzene rings is 1. The van der Waals surface area contributed by atoms with Gasteiger partial charge in [0.05, 0.1) is 18.3 Å². The van der Waals surface area contributed by atoms with Gasteiger partial charge < -0.3 is 21.1 Å². The molecule has 1 aromatic carbocycles. The van der Waals surface area contributed by atoms with Crippen molar-refractivity contribution >= 4 is 5.69 Å². The van der Waals surface area contributed by atoms with Crippen LogP contribution in [0.1, 0.15) is 11.7 Å². The third kappa shape index (κ3) is 2.95. The zero-order chi connectivity index (χ0) is 12.4. The lowest BCUT2D eigenvalue weighted by Gasteiger charge is -2.19. The highest BCUT2D eigenvalue weighted by Crippen LogP contribution is 2.19. The molecule has 5 N–H and O–H groups in total. The summed E-state index contributed by atoms with van der Waals surface area (Å²) in [7, 11) is 0. The van der Waals surface area contributed by atoms with Crippen LogP contribution >= 0.6 is 0 Å². The Morgan fingerprint density at radius 2 is 1.94 bits per heavy atom. The molecule has 0 spiro atoms. The van der Waals surface area contributed by atoms with E-state index in [1.54, 1.807) is 18.2 Å². The SMILES string of the molecule is Nc1cccc(C(O)CN2CC(O)C(O)C2)c1. The van der Waals surface area contributed by atoms with E-state index in [2.05, 4.69) is 0 Å². The van der Waals surface area contributed by atoms with Crippen LogP contribution < -0.4 is 5.73 Å². The average molecular weight is 238 g/mol. The topological polar surface area (TPSA) is 90.0 Å². The Labute approximate surface area is 100 Å². The van der Waals surface area contributed by atoms with Gasteiger partial charge in [-0.05, 0) is 17.7 Å². The molecule has 1 fully saturated rings. The molecule has 5 nitrogen and oxygen atoms in total. The summed E-state index contributed by atoms with van der Waals surface area (Å²) in [5, 5.41) is 28.8. The zero-order valence-electron chi connectivity index (χ0n) is 9.53. The Morgan fingerprint density at radius 3 is 2.53 bits per heavy atom. The molecular weight excluding hydrogens is 220 g/mol. The number of nitrogens with two attached hydrogens (primary N) is 1. The summed E-state index contributed by atoms with van der Waals surface area (Å²) < 4.78 is 0. The van der Waals surface area contributed by atoms with Crippen molar-refractivity contribution in [1.29, 1.82) is 0 Å². The van der Waals surface area contributed by atoms with Gasteiger partial charge in [0.25, 0.3) is 0 Å². The lowest BCUT2D eigenvalue weighted by molar-refractivity contribution is 0.0572. The monoisotopic (exact) mass is 238 g/mol. The van der Waals surface area contributed by atoms with Gasteiger partial charge in [-0.3, -0.25) is 4.90 Å². The van der Waals surface area contributed by atoms with Crippen LogP contribution in [0.4, 0.5) is 5.69 Å². The maximum atomic E-state index is 10.0. The van der Waals surface area contributed by atoms with Gasteiger partial charge in [0.15, 0.2) is 0 Å². The summed E-state index contributed by atoms with van der Waals surface area (Å²) in [6, 6.07) is 7.10. The number of aliphatic hydroxyl groups is 3. The third-order valence-electron chi connectivity index (χ3n) is 3.06. The molecule has 17 heavy (non-hydrogen) atoms. The van der Waals surface area contributed by atoms with Crippen LogP contribution in [0, 0.1) is 0 Å². The number of aliphatic hydroxyl groups excluding tert-OH is 3. The van der Waals surface area contributed by atoms with Crippen molar-refractivity contribution in [3.63, 3.8) is 0 Å². The molecule has 1 aliphatic heterocycles. The van der Waals surface area contributed by atoms with Gasteiger partial charge in [-0.15, -0.1) is 0 Å². The predicted molar refractivity (Wildman–Crippen MR) is 64.3 cm³/mol. The second kappa shape index (κ2) is 5.01. The van der Waals surface area contributed by atoms with E-state index in [9.17, 15) is 15.3 Å². The first-order chi connectivity index (χ1) is 8.06. The zero-order valence-corrected chi connectivity index (χ0v) is 9.53. The van der Waals surface area contributed by atoms with Crippen LogP contribution in [0.3, 0.4) is 0 Å². The van der Waals surface area contributed by atoms with Crippen molar-refractivity contribution < 1.29 is 15.3 Å². The first-order valence-corrected chi connectivity index (χ1v) is 5.68. The highest BCUT2D eigenvalue weighted by molar-refractivity contribution is 5.41. The molecule has 1 saturated heterocycles. The Kier molecular flexibility index (Phi) is 3.63. The van der Waals surface area contributed by atoms with Gasteiger partial charge in [-0.1, -0.05) is 12.1 Å². The van der Waals surface area contributed by atoms with E-state index in [1.807, 2.05) is 11.0 Å². The summed E-state index contributed by atoms with van der Waals surface area (Å²) in [4.78, 5) is 1.84. The second-order valence-electron chi connectivity index (χ2n) is 4.54. The summed E-state index contributed by atoms with van der Waals surface area (Å²) in [6.07, 6.45) is -2.10. The lowest BCUT2D eigenvalue weighted by Crippen LogP contribution is -2.27. The van der Waals surface area contributed by atoms with Crippen molar-refractivity contribution in [2.45, 2.75) is 18.3 Å². The number of hydrogen-bond donors (Lipinski definition) is 4. The second-order valence-corrected chi connectivity index (χ2v) is 4.54. The van der Waals surface area contributed by atoms with E-state index in [4.69, 9.17) is 5.73 Å². The molecule has 1 aromatic rings. The van der Waals surface area contributed by atoms with E-state index in [0.29, 0.717) is 25.3 Å². The average Bonchev–Trinajstić information content (AvgIpc) is 2.58. The first-order valence-electron chi connectivity index (χ1n) is 5.68. The highest BCUT2D eigenvalue weighted by Gasteiger charge is 2.30. The normalized spacial score (nSPS) is 27.2. The van der Waals surface area contributed by atoms with Crippen LogP contribution in [0.25, 0.3) is 0 Å².